The third-order valence-corrected chi connectivity index (χ3v) is 12.7. The Morgan fingerprint density at radius 2 is 1.35 bits per heavy atom. The third kappa shape index (κ3) is 8.57. The van der Waals surface area contributed by atoms with Crippen molar-refractivity contribution < 1.29 is 28.9 Å². The number of imidazole rings is 1. The number of carbonyl (C=O) groups excluding carboxylic acids is 1. The molecule has 0 aliphatic carbocycles. The third-order valence-electron chi connectivity index (χ3n) is 9.75. The quantitative estimate of drug-likeness (QED) is 0.0628. The van der Waals surface area contributed by atoms with E-state index in [9.17, 15) is 24.7 Å². The Morgan fingerprint density at radius 1 is 0.882 bits per heavy atom. The zero-order valence-corrected chi connectivity index (χ0v) is 31.2. The van der Waals surface area contributed by atoms with Gasteiger partial charge in [0, 0.05) is 0 Å². The van der Waals surface area contributed by atoms with Crippen LogP contribution in [0.2, 0.25) is 0 Å². The molecule has 0 aliphatic heterocycles. The molecule has 2 atom stereocenters. The Hall–Kier alpha value is -3.98. The number of rotatable bonds is 18. The van der Waals surface area contributed by atoms with Gasteiger partial charge in [0.05, 0.1) is 0 Å². The molecule has 1 amide bonds. The molecule has 3 aromatic carbocycles. The van der Waals surface area contributed by atoms with E-state index in [2.05, 4.69) is 16.4 Å². The Balaban J connectivity index is 1.96. The average Bonchev–Trinajstić information content (AvgIpc) is 3.63. The summed E-state index contributed by atoms with van der Waals surface area (Å²) in [5, 5.41) is 13.2. The second-order valence-corrected chi connectivity index (χ2v) is 17.1. The van der Waals surface area contributed by atoms with Gasteiger partial charge in [0.1, 0.15) is 0 Å². The normalized spacial score (nSPS) is 14.5. The van der Waals surface area contributed by atoms with Gasteiger partial charge in [-0.15, -0.1) is 0 Å². The second-order valence-electron chi connectivity index (χ2n) is 13.6. The van der Waals surface area contributed by atoms with E-state index >= 15 is 0 Å². The second kappa shape index (κ2) is 16.6. The predicted octanol–water partition coefficient (Wildman–Crippen LogP) is 5.07. The van der Waals surface area contributed by atoms with Crippen LogP contribution in [-0.4, -0.2) is 91.5 Å². The fraction of sp³-hybridized carbons (Fsp3) is 0.410. The van der Waals surface area contributed by atoms with Crippen LogP contribution in [0, 0.1) is 11.3 Å². The van der Waals surface area contributed by atoms with Crippen LogP contribution >= 0.6 is 7.28 Å². The molecular formula is C39H52N5O6P. The summed E-state index contributed by atoms with van der Waals surface area (Å²) in [5.41, 5.74) is -0.360. The molecule has 0 saturated carbocycles. The van der Waals surface area contributed by atoms with Crippen molar-refractivity contribution in [3.63, 3.8) is 0 Å². The fourth-order valence-electron chi connectivity index (χ4n) is 7.52. The Kier molecular flexibility index (Phi) is 12.9. The Bertz CT molecular complexity index is 1600. The molecule has 12 heteroatoms. The zero-order valence-electron chi connectivity index (χ0n) is 30.3. The van der Waals surface area contributed by atoms with E-state index in [1.54, 1.807) is 17.0 Å². The molecule has 4 aromatic rings. The van der Waals surface area contributed by atoms with E-state index in [4.69, 9.17) is 9.47 Å². The van der Waals surface area contributed by atoms with Crippen LogP contribution in [0.5, 0.6) is 0 Å². The van der Waals surface area contributed by atoms with Gasteiger partial charge in [-0.05, 0) is 0 Å². The molecule has 1 heterocycles. The zero-order chi connectivity index (χ0) is 37.3. The molecule has 4 rings (SSSR count). The van der Waals surface area contributed by atoms with Gasteiger partial charge in [0.25, 0.3) is 0 Å². The van der Waals surface area contributed by atoms with Gasteiger partial charge >= 0.3 is 302 Å². The SMILES string of the molecule is COC(CC(CNC(=O)Cn1ccnc1)P(O)(O)(O)CC(C#N)N(C(C)C)C(C)C)(OC)C(c1ccccc1)(c1ccccc1)c1ccccc1. The number of methoxy groups -OCH3 is 2. The van der Waals surface area contributed by atoms with Crippen molar-refractivity contribution >= 4 is 13.2 Å². The van der Waals surface area contributed by atoms with Gasteiger partial charge < -0.3 is 0 Å². The van der Waals surface area contributed by atoms with Gasteiger partial charge in [0.2, 0.25) is 0 Å². The van der Waals surface area contributed by atoms with Crippen LogP contribution in [0.1, 0.15) is 50.8 Å². The van der Waals surface area contributed by atoms with E-state index in [0.717, 1.165) is 16.7 Å². The molecule has 0 fully saturated rings. The molecule has 274 valence electrons. The number of hydrogen-bond donors (Lipinski definition) is 4. The van der Waals surface area contributed by atoms with Crippen molar-refractivity contribution in [1.29, 1.82) is 5.26 Å². The average molecular weight is 718 g/mol. The number of nitrogens with zero attached hydrogens (tertiary/aromatic N) is 4. The van der Waals surface area contributed by atoms with Crippen LogP contribution in [0.4, 0.5) is 0 Å². The first-order valence-corrected chi connectivity index (χ1v) is 19.5. The summed E-state index contributed by atoms with van der Waals surface area (Å²) in [7, 11) is -2.94. The van der Waals surface area contributed by atoms with Crippen molar-refractivity contribution in [2.24, 2.45) is 0 Å². The van der Waals surface area contributed by atoms with Crippen molar-refractivity contribution in [2.75, 3.05) is 26.9 Å². The fourth-order valence-corrected chi connectivity index (χ4v) is 9.83. The Morgan fingerprint density at radius 3 is 1.73 bits per heavy atom. The van der Waals surface area contributed by atoms with E-state index in [1.165, 1.54) is 20.5 Å². The number of carbonyl (C=O) groups is 1. The van der Waals surface area contributed by atoms with Crippen molar-refractivity contribution in [3.8, 4) is 6.07 Å². The van der Waals surface area contributed by atoms with Crippen molar-refractivity contribution in [3.05, 3.63) is 126 Å². The first-order valence-electron chi connectivity index (χ1n) is 17.1. The summed E-state index contributed by atoms with van der Waals surface area (Å²) >= 11 is 0. The van der Waals surface area contributed by atoms with Crippen LogP contribution < -0.4 is 5.32 Å². The number of aromatic nitrogens is 2. The van der Waals surface area contributed by atoms with Gasteiger partial charge in [-0.2, -0.15) is 0 Å². The number of ether oxygens (including phenoxy) is 2. The molecule has 51 heavy (non-hydrogen) atoms. The van der Waals surface area contributed by atoms with Crippen LogP contribution in [0.3, 0.4) is 0 Å². The topological polar surface area (TPSA) is 153 Å². The number of hydrogen-bond acceptors (Lipinski definition) is 9. The first kappa shape index (κ1) is 39.8. The van der Waals surface area contributed by atoms with Crippen molar-refractivity contribution in [1.82, 2.24) is 19.8 Å². The molecule has 0 spiro atoms. The Labute approximate surface area is 301 Å². The summed E-state index contributed by atoms with van der Waals surface area (Å²) in [6, 6.07) is 29.8. The molecule has 0 radical (unpaired) electrons. The number of nitriles is 1. The number of benzene rings is 3. The summed E-state index contributed by atoms with van der Waals surface area (Å²) in [6.07, 6.45) is 3.72. The van der Waals surface area contributed by atoms with Gasteiger partial charge in [-0.1, -0.05) is 0 Å². The van der Waals surface area contributed by atoms with E-state index < -0.39 is 42.3 Å². The number of amides is 1. The maximum atomic E-state index is 13.3. The van der Waals surface area contributed by atoms with E-state index in [0.29, 0.717) is 0 Å². The molecule has 0 saturated heterocycles. The molecule has 4 N–H and O–H groups in total. The molecule has 11 nitrogen and oxygen atoms in total. The maximum absolute atomic E-state index is 13.3. The summed E-state index contributed by atoms with van der Waals surface area (Å²) in [5.74, 6) is -2.17. The van der Waals surface area contributed by atoms with Crippen LogP contribution in [-0.2, 0) is 26.2 Å². The predicted molar refractivity (Wildman–Crippen MR) is 200 cm³/mol. The van der Waals surface area contributed by atoms with Crippen LogP contribution in [0.15, 0.2) is 110 Å². The van der Waals surface area contributed by atoms with Crippen molar-refractivity contribution in [2.45, 2.75) is 75.6 Å². The summed E-state index contributed by atoms with van der Waals surface area (Å²) in [6.45, 7) is 7.20. The molecule has 0 bridgehead atoms. The van der Waals surface area contributed by atoms with Gasteiger partial charge in [0.15, 0.2) is 0 Å². The van der Waals surface area contributed by atoms with E-state index in [1.807, 2.05) is 124 Å². The first-order chi connectivity index (χ1) is 24.2. The standard InChI is InChI=1S/C39H52N5O6P/c1-30(2)44(31(3)4)35(25-40)28-51(46,47,48)36(26-42-37(45)27-43-23-22-41-29-43)24-38(49-5,50-6)39(32-16-10-7-11-17-32,33-18-12-8-13-19-33)34-20-14-9-15-21-34/h7-23,29-31,35-36,46-48H,24,26-28H2,1-6H3,(H,42,45). The summed E-state index contributed by atoms with van der Waals surface area (Å²) < 4.78 is 14.6. The van der Waals surface area contributed by atoms with Gasteiger partial charge in [-0.3, -0.25) is 0 Å². The van der Waals surface area contributed by atoms with Gasteiger partial charge in [-0.25, -0.2) is 0 Å². The molecule has 2 unspecified atom stereocenters. The number of nitrogens with one attached hydrogen (secondary N) is 1. The van der Waals surface area contributed by atoms with E-state index in [-0.39, 0.29) is 31.6 Å². The molecular weight excluding hydrogens is 665 g/mol. The minimum atomic E-state index is -5.91. The summed E-state index contributed by atoms with van der Waals surface area (Å²) in [4.78, 5) is 56.1. The molecule has 1 aromatic heterocycles. The van der Waals surface area contributed by atoms with Crippen LogP contribution in [0.25, 0.3) is 0 Å². The molecule has 0 aliphatic rings. The minimum absolute atomic E-state index is 0.0814. The monoisotopic (exact) mass is 717 g/mol.